The molecule has 4 rings (SSSR count). The molecule has 13 nitrogen and oxygen atoms in total. The molecule has 0 aliphatic carbocycles. The number of fused-ring (bicyclic) bond motifs is 1. The van der Waals surface area contributed by atoms with E-state index in [0.717, 1.165) is 4.57 Å². The van der Waals surface area contributed by atoms with Crippen LogP contribution in [0.15, 0.2) is 27.8 Å². The number of sulfonamides is 1. The molecule has 0 saturated carbocycles. The van der Waals surface area contributed by atoms with Gasteiger partial charge in [0, 0.05) is 24.9 Å². The number of rotatable bonds is 4. The van der Waals surface area contributed by atoms with Crippen molar-refractivity contribution in [3.05, 3.63) is 18.2 Å². The number of carbonyl (C=O) groups is 3. The van der Waals surface area contributed by atoms with Crippen LogP contribution in [0.3, 0.4) is 0 Å². The van der Waals surface area contributed by atoms with Gasteiger partial charge in [0.1, 0.15) is 16.9 Å². The van der Waals surface area contributed by atoms with Crippen molar-refractivity contribution in [2.45, 2.75) is 50.5 Å². The van der Waals surface area contributed by atoms with Crippen LogP contribution in [-0.4, -0.2) is 69.9 Å². The van der Waals surface area contributed by atoms with Crippen LogP contribution in [0.4, 0.5) is 10.5 Å². The maximum absolute atomic E-state index is 12.6. The van der Waals surface area contributed by atoms with Gasteiger partial charge in [-0.2, -0.15) is 0 Å². The zero-order chi connectivity index (χ0) is 25.7. The Labute approximate surface area is 200 Å². The van der Waals surface area contributed by atoms with Crippen molar-refractivity contribution in [1.82, 2.24) is 14.8 Å². The van der Waals surface area contributed by atoms with Crippen LogP contribution >= 0.6 is 0 Å². The lowest BCUT2D eigenvalue weighted by Gasteiger charge is -2.37. The number of amides is 3. The second-order valence-corrected chi connectivity index (χ2v) is 11.2. The van der Waals surface area contributed by atoms with Gasteiger partial charge in [0.05, 0.1) is 11.1 Å². The molecule has 2 saturated heterocycles. The third-order valence-electron chi connectivity index (χ3n) is 5.67. The van der Waals surface area contributed by atoms with Gasteiger partial charge in [-0.05, 0) is 39.3 Å². The van der Waals surface area contributed by atoms with Gasteiger partial charge in [-0.25, -0.2) is 13.2 Å². The molecule has 188 valence electrons. The number of nitrogens with one attached hydrogen (secondary N) is 1. The Hall–Kier alpha value is -3.68. The Balaban J connectivity index is 1.57. The molecule has 3 heterocycles. The average Bonchev–Trinajstić information content (AvgIpc) is 2.95. The van der Waals surface area contributed by atoms with Crippen molar-refractivity contribution < 1.29 is 37.8 Å². The van der Waals surface area contributed by atoms with E-state index in [2.05, 4.69) is 15.0 Å². The number of benzene rings is 1. The summed E-state index contributed by atoms with van der Waals surface area (Å²) in [5, 5.41) is 26.6. The number of hydrogen-bond donors (Lipinski definition) is 3. The van der Waals surface area contributed by atoms with Gasteiger partial charge in [-0.1, -0.05) is 10.6 Å². The summed E-state index contributed by atoms with van der Waals surface area (Å²) in [6.45, 7) is 4.91. The van der Waals surface area contributed by atoms with Crippen LogP contribution < -0.4 is 5.32 Å². The van der Waals surface area contributed by atoms with Crippen molar-refractivity contribution in [1.29, 1.82) is 0 Å². The quantitative estimate of drug-likeness (QED) is 0.415. The summed E-state index contributed by atoms with van der Waals surface area (Å²) in [6, 6.07) is 3.29. The first-order valence-corrected chi connectivity index (χ1v) is 12.3. The smallest absolute Gasteiger partial charge is 0.410 e. The minimum absolute atomic E-state index is 0.00218. The number of aromatic nitrogens is 1. The highest BCUT2D eigenvalue weighted by Gasteiger charge is 2.42. The molecule has 1 aromatic heterocycles. The molecular formula is C21H25N5O8S. The lowest BCUT2D eigenvalue weighted by atomic mass is 10.1. The van der Waals surface area contributed by atoms with Crippen LogP contribution in [0.5, 0.6) is 11.8 Å². The average molecular weight is 508 g/mol. The van der Waals surface area contributed by atoms with E-state index in [9.17, 15) is 33.0 Å². The summed E-state index contributed by atoms with van der Waals surface area (Å²) in [6.07, 6.45) is -0.537. The Bertz CT molecular complexity index is 1350. The first-order valence-electron chi connectivity index (χ1n) is 10.8. The van der Waals surface area contributed by atoms with Crippen LogP contribution in [0.25, 0.3) is 10.8 Å². The van der Waals surface area contributed by atoms with Crippen LogP contribution in [0, 0.1) is 0 Å². The van der Waals surface area contributed by atoms with E-state index in [1.165, 1.54) is 23.1 Å². The Morgan fingerprint density at radius 1 is 1.17 bits per heavy atom. The number of ether oxygens (including phenoxy) is 1. The Morgan fingerprint density at radius 2 is 1.86 bits per heavy atom. The molecule has 1 unspecified atom stereocenters. The number of hydrogen-bond acceptors (Lipinski definition) is 9. The highest BCUT2D eigenvalue weighted by Crippen LogP contribution is 2.45. The minimum atomic E-state index is -4.10. The first kappa shape index (κ1) is 24.4. The lowest BCUT2D eigenvalue weighted by Crippen LogP contribution is -2.57. The third-order valence-corrected chi connectivity index (χ3v) is 7.12. The van der Waals surface area contributed by atoms with Gasteiger partial charge >= 0.3 is 6.09 Å². The molecule has 3 N–H and O–H groups in total. The van der Waals surface area contributed by atoms with E-state index in [4.69, 9.17) is 4.74 Å². The molecule has 0 spiro atoms. The fourth-order valence-electron chi connectivity index (χ4n) is 3.89. The van der Waals surface area contributed by atoms with Crippen LogP contribution in [0.2, 0.25) is 0 Å². The molecule has 3 amide bonds. The van der Waals surface area contributed by atoms with Gasteiger partial charge < -0.3 is 19.8 Å². The van der Waals surface area contributed by atoms with E-state index in [1.807, 2.05) is 0 Å². The van der Waals surface area contributed by atoms with Crippen molar-refractivity contribution in [2.75, 3.05) is 13.1 Å². The molecule has 0 radical (unpaired) electrons. The van der Waals surface area contributed by atoms with E-state index < -0.39 is 56.6 Å². The second kappa shape index (κ2) is 8.52. The minimum Gasteiger partial charge on any atom is -0.494 e. The monoisotopic (exact) mass is 507 g/mol. The molecular weight excluding hydrogens is 482 g/mol. The number of aromatic hydroxyl groups is 2. The maximum atomic E-state index is 12.6. The van der Waals surface area contributed by atoms with Crippen molar-refractivity contribution in [2.24, 2.45) is 9.63 Å². The van der Waals surface area contributed by atoms with E-state index in [1.54, 1.807) is 20.8 Å². The first-order chi connectivity index (χ1) is 16.3. The van der Waals surface area contributed by atoms with Gasteiger partial charge in [-0.15, -0.1) is 5.11 Å². The normalized spacial score (nSPS) is 19.7. The maximum Gasteiger partial charge on any atom is 0.410 e. The van der Waals surface area contributed by atoms with E-state index in [0.29, 0.717) is 0 Å². The van der Waals surface area contributed by atoms with Crippen molar-refractivity contribution in [3.63, 3.8) is 0 Å². The fourth-order valence-corrected chi connectivity index (χ4v) is 4.96. The van der Waals surface area contributed by atoms with E-state index >= 15 is 0 Å². The number of piperidine rings is 1. The largest absolute Gasteiger partial charge is 0.494 e. The summed E-state index contributed by atoms with van der Waals surface area (Å²) in [5.74, 6) is -2.09. The molecule has 1 aromatic carbocycles. The van der Waals surface area contributed by atoms with Gasteiger partial charge in [0.15, 0.2) is 0 Å². The molecule has 35 heavy (non-hydrogen) atoms. The number of imide groups is 1. The van der Waals surface area contributed by atoms with Crippen molar-refractivity contribution >= 4 is 44.4 Å². The number of likely N-dealkylation sites (tertiary alicyclic amines) is 1. The number of nitrogens with zero attached hydrogens (tertiary/aromatic N) is 4. The van der Waals surface area contributed by atoms with Crippen LogP contribution in [-0.2, 0) is 24.3 Å². The third kappa shape index (κ3) is 4.65. The van der Waals surface area contributed by atoms with Crippen molar-refractivity contribution in [3.8, 4) is 11.8 Å². The predicted octanol–water partition coefficient (Wildman–Crippen LogP) is 2.06. The van der Waals surface area contributed by atoms with Gasteiger partial charge in [-0.3, -0.25) is 19.5 Å². The second-order valence-electron chi connectivity index (χ2n) is 9.39. The zero-order valence-corrected chi connectivity index (χ0v) is 20.1. The predicted molar refractivity (Wildman–Crippen MR) is 122 cm³/mol. The molecule has 2 aliphatic heterocycles. The molecule has 2 aromatic rings. The van der Waals surface area contributed by atoms with E-state index in [-0.39, 0.29) is 42.4 Å². The molecule has 2 fully saturated rings. The number of carbonyl (C=O) groups excluding carboxylic acids is 3. The summed E-state index contributed by atoms with van der Waals surface area (Å²) in [4.78, 5) is 37.0. The fraction of sp³-hybridized carbons (Fsp3) is 0.476. The Kier molecular flexibility index (Phi) is 5.95. The molecule has 1 atom stereocenters. The highest BCUT2D eigenvalue weighted by atomic mass is 32.2. The Morgan fingerprint density at radius 3 is 2.49 bits per heavy atom. The molecule has 0 bridgehead atoms. The molecule has 14 heteroatoms. The summed E-state index contributed by atoms with van der Waals surface area (Å²) in [7, 11) is -4.10. The topological polar surface area (TPSA) is 180 Å². The molecule has 2 aliphatic rings. The van der Waals surface area contributed by atoms with Crippen LogP contribution in [0.1, 0.15) is 39.7 Å². The zero-order valence-electron chi connectivity index (χ0n) is 19.3. The highest BCUT2D eigenvalue weighted by molar-refractivity contribution is 7.90. The van der Waals surface area contributed by atoms with Gasteiger partial charge in [0.2, 0.25) is 23.6 Å². The summed E-state index contributed by atoms with van der Waals surface area (Å²) >= 11 is 0. The summed E-state index contributed by atoms with van der Waals surface area (Å²) in [5.41, 5.74) is -0.759. The SMILES string of the molecule is CC(C)(C)OC(=O)N1CC(S(=O)(=O)N=Nc2cccc3c(O)n(C4CCC(=O)NC4=O)c(O)c23)C1. The summed E-state index contributed by atoms with van der Waals surface area (Å²) < 4.78 is 34.9. The van der Waals surface area contributed by atoms with Gasteiger partial charge in [0.25, 0.3) is 10.0 Å². The standard InChI is InChI=1S/C21H25N5O8S/c1-21(2,3)34-20(31)25-9-11(10-25)35(32,33)24-23-13-6-4-5-12-16(13)19(30)26(18(12)29)14-7-8-15(27)22-17(14)28/h4-6,11,14,29-30H,7-10H2,1-3H3,(H,22,27,28). The lowest BCUT2D eigenvalue weighted by molar-refractivity contribution is -0.135.